The van der Waals surface area contributed by atoms with Crippen molar-refractivity contribution in [3.05, 3.63) is 24.1 Å². The van der Waals surface area contributed by atoms with Crippen LogP contribution in [0.4, 0.5) is 10.2 Å². The highest BCUT2D eigenvalue weighted by molar-refractivity contribution is 5.75. The van der Waals surface area contributed by atoms with Crippen molar-refractivity contribution >= 4 is 11.7 Å². The molecule has 1 aliphatic heterocycles. The molecule has 1 saturated heterocycles. The number of nitrogens with zero attached hydrogens (tertiary/aromatic N) is 3. The summed E-state index contributed by atoms with van der Waals surface area (Å²) in [6, 6.07) is 3.11. The molecule has 0 aliphatic carbocycles. The van der Waals surface area contributed by atoms with E-state index in [2.05, 4.69) is 9.88 Å². The van der Waals surface area contributed by atoms with Crippen molar-refractivity contribution in [2.45, 2.75) is 19.8 Å². The Kier molecular flexibility index (Phi) is 4.12. The van der Waals surface area contributed by atoms with Crippen molar-refractivity contribution in [2.75, 3.05) is 31.1 Å². The summed E-state index contributed by atoms with van der Waals surface area (Å²) < 4.78 is 12.8. The quantitative estimate of drug-likeness (QED) is 0.802. The first-order valence-corrected chi connectivity index (χ1v) is 6.35. The topological polar surface area (TPSA) is 36.4 Å². The van der Waals surface area contributed by atoms with E-state index in [4.69, 9.17) is 0 Å². The van der Waals surface area contributed by atoms with Gasteiger partial charge in [-0.05, 0) is 18.6 Å². The van der Waals surface area contributed by atoms with Gasteiger partial charge in [0.2, 0.25) is 5.91 Å². The molecule has 0 N–H and O–H groups in total. The number of halogens is 1. The van der Waals surface area contributed by atoms with Crippen molar-refractivity contribution < 1.29 is 9.18 Å². The van der Waals surface area contributed by atoms with Crippen LogP contribution in [0, 0.1) is 5.82 Å². The fraction of sp³-hybridized carbons (Fsp3) is 0.538. The lowest BCUT2D eigenvalue weighted by molar-refractivity contribution is -0.130. The van der Waals surface area contributed by atoms with Crippen LogP contribution < -0.4 is 4.90 Å². The van der Waals surface area contributed by atoms with Gasteiger partial charge < -0.3 is 9.80 Å². The largest absolute Gasteiger partial charge is 0.355 e. The maximum Gasteiger partial charge on any atom is 0.222 e. The first kappa shape index (κ1) is 12.8. The highest BCUT2D eigenvalue weighted by Crippen LogP contribution is 2.14. The van der Waals surface area contributed by atoms with Crippen LogP contribution in [0.15, 0.2) is 18.3 Å². The van der Waals surface area contributed by atoms with E-state index < -0.39 is 0 Å². The minimum Gasteiger partial charge on any atom is -0.355 e. The van der Waals surface area contributed by atoms with E-state index in [9.17, 15) is 9.18 Å². The first-order valence-electron chi connectivity index (χ1n) is 6.35. The van der Waals surface area contributed by atoms with E-state index in [1.54, 1.807) is 6.07 Å². The van der Waals surface area contributed by atoms with Crippen LogP contribution in [0.5, 0.6) is 0 Å². The molecular weight excluding hydrogens is 233 g/mol. The third-order valence-electron chi connectivity index (χ3n) is 3.19. The molecule has 1 aromatic heterocycles. The van der Waals surface area contributed by atoms with Crippen LogP contribution in [-0.2, 0) is 4.79 Å². The van der Waals surface area contributed by atoms with Gasteiger partial charge in [-0.15, -0.1) is 0 Å². The molecule has 1 aliphatic rings. The molecule has 0 aromatic carbocycles. The van der Waals surface area contributed by atoms with Gasteiger partial charge in [0.15, 0.2) is 0 Å². The molecule has 0 saturated carbocycles. The van der Waals surface area contributed by atoms with Gasteiger partial charge in [-0.1, -0.05) is 6.92 Å². The van der Waals surface area contributed by atoms with E-state index in [1.165, 1.54) is 12.3 Å². The van der Waals surface area contributed by atoms with Crippen molar-refractivity contribution in [2.24, 2.45) is 0 Å². The average Bonchev–Trinajstić information content (AvgIpc) is 2.64. The predicted octanol–water partition coefficient (Wildman–Crippen LogP) is 1.67. The SMILES string of the molecule is CCC(=O)N1CCCN(c2ccc(F)cn2)CC1. The highest BCUT2D eigenvalue weighted by atomic mass is 19.1. The molecule has 98 valence electrons. The molecule has 0 atom stereocenters. The number of hydrogen-bond acceptors (Lipinski definition) is 3. The lowest BCUT2D eigenvalue weighted by Gasteiger charge is -2.22. The van der Waals surface area contributed by atoms with Crippen LogP contribution in [0.3, 0.4) is 0 Å². The number of hydrogen-bond donors (Lipinski definition) is 0. The molecule has 1 fully saturated rings. The van der Waals surface area contributed by atoms with E-state index in [1.807, 2.05) is 11.8 Å². The Bertz CT molecular complexity index is 407. The zero-order valence-electron chi connectivity index (χ0n) is 10.6. The van der Waals surface area contributed by atoms with Gasteiger partial charge in [0.1, 0.15) is 11.6 Å². The Balaban J connectivity index is 2.00. The van der Waals surface area contributed by atoms with Crippen molar-refractivity contribution in [1.29, 1.82) is 0 Å². The minimum atomic E-state index is -0.323. The molecule has 0 bridgehead atoms. The number of amides is 1. The van der Waals surface area contributed by atoms with Crippen LogP contribution in [-0.4, -0.2) is 42.0 Å². The van der Waals surface area contributed by atoms with Crippen LogP contribution in [0.1, 0.15) is 19.8 Å². The Morgan fingerprint density at radius 2 is 2.17 bits per heavy atom. The molecule has 1 aromatic rings. The third-order valence-corrected chi connectivity index (χ3v) is 3.19. The predicted molar refractivity (Wildman–Crippen MR) is 67.9 cm³/mol. The van der Waals surface area contributed by atoms with Crippen LogP contribution in [0.25, 0.3) is 0 Å². The number of pyridine rings is 1. The van der Waals surface area contributed by atoms with Crippen molar-refractivity contribution in [3.8, 4) is 0 Å². The summed E-state index contributed by atoms with van der Waals surface area (Å²) in [5.74, 6) is 0.655. The van der Waals surface area contributed by atoms with Gasteiger partial charge >= 0.3 is 0 Å². The van der Waals surface area contributed by atoms with Gasteiger partial charge in [0.05, 0.1) is 6.20 Å². The number of carbonyl (C=O) groups is 1. The summed E-state index contributed by atoms with van der Waals surface area (Å²) in [6.07, 6.45) is 2.70. The van der Waals surface area contributed by atoms with Crippen molar-refractivity contribution in [1.82, 2.24) is 9.88 Å². The second-order valence-electron chi connectivity index (χ2n) is 4.41. The summed E-state index contributed by atoms with van der Waals surface area (Å²) >= 11 is 0. The maximum absolute atomic E-state index is 12.8. The van der Waals surface area contributed by atoms with E-state index >= 15 is 0 Å². The number of anilines is 1. The fourth-order valence-corrected chi connectivity index (χ4v) is 2.17. The summed E-state index contributed by atoms with van der Waals surface area (Å²) in [5.41, 5.74) is 0. The monoisotopic (exact) mass is 251 g/mol. The molecule has 2 heterocycles. The van der Waals surface area contributed by atoms with Crippen molar-refractivity contribution in [3.63, 3.8) is 0 Å². The number of aromatic nitrogens is 1. The average molecular weight is 251 g/mol. The first-order chi connectivity index (χ1) is 8.70. The zero-order valence-corrected chi connectivity index (χ0v) is 10.6. The molecule has 4 nitrogen and oxygen atoms in total. The fourth-order valence-electron chi connectivity index (χ4n) is 2.17. The Morgan fingerprint density at radius 3 is 2.83 bits per heavy atom. The van der Waals surface area contributed by atoms with Crippen LogP contribution in [0.2, 0.25) is 0 Å². The van der Waals surface area contributed by atoms with Gasteiger partial charge in [-0.25, -0.2) is 9.37 Å². The molecule has 2 rings (SSSR count). The lowest BCUT2D eigenvalue weighted by atomic mass is 10.3. The lowest BCUT2D eigenvalue weighted by Crippen LogP contribution is -2.34. The Hall–Kier alpha value is -1.65. The second-order valence-corrected chi connectivity index (χ2v) is 4.41. The molecule has 18 heavy (non-hydrogen) atoms. The number of carbonyl (C=O) groups excluding carboxylic acids is 1. The van der Waals surface area contributed by atoms with E-state index in [0.29, 0.717) is 13.0 Å². The highest BCUT2D eigenvalue weighted by Gasteiger charge is 2.18. The molecular formula is C13H18FN3O. The summed E-state index contributed by atoms with van der Waals surface area (Å²) in [6.45, 7) is 5.00. The Morgan fingerprint density at radius 1 is 1.33 bits per heavy atom. The van der Waals surface area contributed by atoms with Gasteiger partial charge in [0.25, 0.3) is 0 Å². The Labute approximate surface area is 106 Å². The van der Waals surface area contributed by atoms with Gasteiger partial charge in [-0.2, -0.15) is 0 Å². The number of rotatable bonds is 2. The molecule has 0 radical (unpaired) electrons. The summed E-state index contributed by atoms with van der Waals surface area (Å²) in [7, 11) is 0. The molecule has 5 heteroatoms. The normalized spacial score (nSPS) is 16.6. The molecule has 0 unspecified atom stereocenters. The van der Waals surface area contributed by atoms with Gasteiger partial charge in [-0.3, -0.25) is 4.79 Å². The third kappa shape index (κ3) is 2.97. The standard InChI is InChI=1S/C13H18FN3O/c1-2-13(18)17-7-3-6-16(8-9-17)12-5-4-11(14)10-15-12/h4-5,10H,2-3,6-9H2,1H3. The summed E-state index contributed by atoms with van der Waals surface area (Å²) in [4.78, 5) is 19.7. The minimum absolute atomic E-state index is 0.198. The summed E-state index contributed by atoms with van der Waals surface area (Å²) in [5, 5.41) is 0. The zero-order chi connectivity index (χ0) is 13.0. The second kappa shape index (κ2) is 5.80. The van der Waals surface area contributed by atoms with Gasteiger partial charge in [0, 0.05) is 32.6 Å². The van der Waals surface area contributed by atoms with Crippen LogP contribution >= 0.6 is 0 Å². The molecule has 0 spiro atoms. The van der Waals surface area contributed by atoms with E-state index in [-0.39, 0.29) is 11.7 Å². The maximum atomic E-state index is 12.8. The molecule has 1 amide bonds. The smallest absolute Gasteiger partial charge is 0.222 e. The van der Waals surface area contributed by atoms with E-state index in [0.717, 1.165) is 31.9 Å².